The minimum atomic E-state index is 0. The second kappa shape index (κ2) is 12.6. The zero-order valence-corrected chi connectivity index (χ0v) is 20.2. The van der Waals surface area contributed by atoms with Crippen LogP contribution in [-0.2, 0) is 24.1 Å². The zero-order valence-electron chi connectivity index (χ0n) is 17.9. The highest BCUT2D eigenvalue weighted by Crippen LogP contribution is 2.31. The Morgan fingerprint density at radius 2 is 2.00 bits per heavy atom. The lowest BCUT2D eigenvalue weighted by Crippen LogP contribution is -2.49. The van der Waals surface area contributed by atoms with E-state index in [4.69, 9.17) is 9.73 Å². The molecule has 1 fully saturated rings. The first-order chi connectivity index (χ1) is 13.7. The van der Waals surface area contributed by atoms with Crippen molar-refractivity contribution >= 4 is 29.9 Å². The molecule has 0 aromatic heterocycles. The highest BCUT2D eigenvalue weighted by Gasteiger charge is 2.20. The number of rotatable bonds is 7. The van der Waals surface area contributed by atoms with E-state index in [1.807, 2.05) is 6.07 Å². The summed E-state index contributed by atoms with van der Waals surface area (Å²) in [6, 6.07) is 4.36. The second-order valence-corrected chi connectivity index (χ2v) is 7.86. The summed E-state index contributed by atoms with van der Waals surface area (Å²) in [6.45, 7) is 7.44. The van der Waals surface area contributed by atoms with Crippen LogP contribution in [0.25, 0.3) is 0 Å². The number of phenols is 1. The van der Waals surface area contributed by atoms with Gasteiger partial charge in [-0.15, -0.1) is 24.0 Å². The number of piperidine rings is 1. The molecule has 0 saturated carbocycles. The van der Waals surface area contributed by atoms with Crippen molar-refractivity contribution in [2.45, 2.75) is 58.0 Å². The maximum absolute atomic E-state index is 10.4. The Morgan fingerprint density at radius 1 is 1.24 bits per heavy atom. The molecule has 3 N–H and O–H groups in total. The number of fused-ring (bicyclic) bond motifs is 1. The van der Waals surface area contributed by atoms with Crippen LogP contribution in [0.5, 0.6) is 5.75 Å². The second-order valence-electron chi connectivity index (χ2n) is 7.86. The van der Waals surface area contributed by atoms with Gasteiger partial charge in [-0.3, -0.25) is 0 Å². The van der Waals surface area contributed by atoms with E-state index in [-0.39, 0.29) is 24.0 Å². The molecule has 6 nitrogen and oxygen atoms in total. The van der Waals surface area contributed by atoms with Gasteiger partial charge < -0.3 is 25.4 Å². The number of aliphatic imine (C=N–C) groups is 1. The van der Waals surface area contributed by atoms with Crippen molar-refractivity contribution in [3.63, 3.8) is 0 Å². The van der Waals surface area contributed by atoms with Gasteiger partial charge in [0.05, 0.1) is 13.2 Å². The van der Waals surface area contributed by atoms with Gasteiger partial charge in [0.25, 0.3) is 0 Å². The molecule has 1 aliphatic heterocycles. The van der Waals surface area contributed by atoms with Crippen LogP contribution >= 0.6 is 24.0 Å². The van der Waals surface area contributed by atoms with Crippen LogP contribution in [0.15, 0.2) is 17.1 Å². The number of likely N-dealkylation sites (tertiary alicyclic amines) is 1. The Bertz CT molecular complexity index is 660. The van der Waals surface area contributed by atoms with Crippen molar-refractivity contribution in [2.24, 2.45) is 4.99 Å². The highest BCUT2D eigenvalue weighted by atomic mass is 127. The number of nitrogens with one attached hydrogen (secondary N) is 2. The molecule has 0 spiro atoms. The van der Waals surface area contributed by atoms with Gasteiger partial charge in [0.1, 0.15) is 5.75 Å². The average molecular weight is 516 g/mol. The molecule has 0 unspecified atom stereocenters. The van der Waals surface area contributed by atoms with Crippen molar-refractivity contribution in [2.75, 3.05) is 39.9 Å². The Balaban J connectivity index is 0.00000300. The molecular formula is C22H37IN4O2. The fourth-order valence-corrected chi connectivity index (χ4v) is 4.26. The van der Waals surface area contributed by atoms with E-state index >= 15 is 0 Å². The van der Waals surface area contributed by atoms with Crippen LogP contribution < -0.4 is 10.6 Å². The van der Waals surface area contributed by atoms with E-state index in [9.17, 15) is 5.11 Å². The summed E-state index contributed by atoms with van der Waals surface area (Å²) < 4.78 is 5.18. The van der Waals surface area contributed by atoms with E-state index in [1.165, 1.54) is 24.0 Å². The maximum Gasteiger partial charge on any atom is 0.191 e. The normalized spacial score (nSPS) is 18.1. The number of benzene rings is 1. The molecule has 0 radical (unpaired) electrons. The lowest BCUT2D eigenvalue weighted by atomic mass is 9.88. The van der Waals surface area contributed by atoms with Crippen molar-refractivity contribution in [1.29, 1.82) is 0 Å². The quantitative estimate of drug-likeness (QED) is 0.296. The number of aromatic hydroxyl groups is 1. The standard InChI is InChI=1S/C22H36N4O2.HI/c1-3-23-22(25-18-10-12-26(13-11-18)14-15-28-2)24-16-20-19-7-5-4-6-17(19)8-9-21(20)27;/h8-9,18,27H,3-7,10-16H2,1-2H3,(H2,23,24,25);1H. The molecule has 2 aliphatic rings. The van der Waals surface area contributed by atoms with Gasteiger partial charge in [0.2, 0.25) is 0 Å². The fourth-order valence-electron chi connectivity index (χ4n) is 4.26. The Hall–Kier alpha value is -1.06. The van der Waals surface area contributed by atoms with E-state index in [1.54, 1.807) is 7.11 Å². The van der Waals surface area contributed by atoms with Crippen molar-refractivity contribution in [3.05, 3.63) is 28.8 Å². The first-order valence-corrected chi connectivity index (χ1v) is 10.8. The predicted octanol–water partition coefficient (Wildman–Crippen LogP) is 3.05. The Kier molecular flexibility index (Phi) is 10.5. The fraction of sp³-hybridized carbons (Fsp3) is 0.682. The third-order valence-corrected chi connectivity index (χ3v) is 5.91. The topological polar surface area (TPSA) is 69.1 Å². The number of hydrogen-bond donors (Lipinski definition) is 3. The van der Waals surface area contributed by atoms with Gasteiger partial charge in [-0.2, -0.15) is 0 Å². The summed E-state index contributed by atoms with van der Waals surface area (Å²) >= 11 is 0. The Morgan fingerprint density at radius 3 is 2.72 bits per heavy atom. The number of methoxy groups -OCH3 is 1. The SMILES string of the molecule is CCNC(=NCc1c(O)ccc2c1CCCC2)NC1CCN(CCOC)CC1.I. The molecule has 7 heteroatoms. The largest absolute Gasteiger partial charge is 0.508 e. The molecule has 1 aliphatic carbocycles. The molecule has 1 heterocycles. The van der Waals surface area contributed by atoms with Gasteiger partial charge >= 0.3 is 0 Å². The molecule has 0 amide bonds. The molecule has 29 heavy (non-hydrogen) atoms. The van der Waals surface area contributed by atoms with E-state index in [2.05, 4.69) is 28.5 Å². The number of guanidine groups is 1. The smallest absolute Gasteiger partial charge is 0.191 e. The predicted molar refractivity (Wildman–Crippen MR) is 129 cm³/mol. The third-order valence-electron chi connectivity index (χ3n) is 5.91. The summed E-state index contributed by atoms with van der Waals surface area (Å²) in [5, 5.41) is 17.4. The van der Waals surface area contributed by atoms with E-state index in [0.29, 0.717) is 18.3 Å². The number of hydrogen-bond acceptors (Lipinski definition) is 4. The first kappa shape index (κ1) is 24.2. The van der Waals surface area contributed by atoms with Crippen LogP contribution in [-0.4, -0.2) is 61.9 Å². The average Bonchev–Trinajstić information content (AvgIpc) is 2.72. The minimum absolute atomic E-state index is 0. The summed E-state index contributed by atoms with van der Waals surface area (Å²) in [5.74, 6) is 1.23. The maximum atomic E-state index is 10.4. The number of halogens is 1. The molecule has 164 valence electrons. The molecule has 1 aromatic carbocycles. The van der Waals surface area contributed by atoms with Gasteiger partial charge in [-0.1, -0.05) is 6.07 Å². The first-order valence-electron chi connectivity index (χ1n) is 10.8. The minimum Gasteiger partial charge on any atom is -0.508 e. The van der Waals surface area contributed by atoms with Gasteiger partial charge in [0.15, 0.2) is 5.96 Å². The van der Waals surface area contributed by atoms with Crippen molar-refractivity contribution in [1.82, 2.24) is 15.5 Å². The van der Waals surface area contributed by atoms with Crippen LogP contribution in [0.4, 0.5) is 0 Å². The molecule has 0 atom stereocenters. The van der Waals surface area contributed by atoms with Crippen molar-refractivity contribution in [3.8, 4) is 5.75 Å². The summed E-state index contributed by atoms with van der Waals surface area (Å²) in [6.07, 6.45) is 6.84. The van der Waals surface area contributed by atoms with E-state index in [0.717, 1.165) is 70.0 Å². The van der Waals surface area contributed by atoms with Crippen molar-refractivity contribution < 1.29 is 9.84 Å². The molecular weight excluding hydrogens is 479 g/mol. The van der Waals surface area contributed by atoms with E-state index < -0.39 is 0 Å². The van der Waals surface area contributed by atoms with Crippen LogP contribution in [0.3, 0.4) is 0 Å². The highest BCUT2D eigenvalue weighted by molar-refractivity contribution is 14.0. The number of aryl methyl sites for hydroxylation is 1. The molecule has 0 bridgehead atoms. The molecule has 1 saturated heterocycles. The number of nitrogens with zero attached hydrogens (tertiary/aromatic N) is 2. The lowest BCUT2D eigenvalue weighted by Gasteiger charge is -2.32. The number of phenolic OH excluding ortho intramolecular Hbond substituents is 1. The van der Waals surface area contributed by atoms with Gasteiger partial charge in [-0.25, -0.2) is 4.99 Å². The number of ether oxygens (including phenoxy) is 1. The Labute approximate surface area is 192 Å². The van der Waals surface area contributed by atoms with Gasteiger partial charge in [0, 0.05) is 44.9 Å². The molecule has 1 aromatic rings. The zero-order chi connectivity index (χ0) is 19.8. The van der Waals surface area contributed by atoms with Gasteiger partial charge in [-0.05, 0) is 62.6 Å². The van der Waals surface area contributed by atoms with Crippen LogP contribution in [0, 0.1) is 0 Å². The lowest BCUT2D eigenvalue weighted by molar-refractivity contribution is 0.128. The van der Waals surface area contributed by atoms with Crippen LogP contribution in [0.2, 0.25) is 0 Å². The van der Waals surface area contributed by atoms with Crippen LogP contribution in [0.1, 0.15) is 49.3 Å². The summed E-state index contributed by atoms with van der Waals surface area (Å²) in [7, 11) is 1.76. The summed E-state index contributed by atoms with van der Waals surface area (Å²) in [4.78, 5) is 7.27. The monoisotopic (exact) mass is 516 g/mol. The molecule has 3 rings (SSSR count). The third kappa shape index (κ3) is 7.00. The summed E-state index contributed by atoms with van der Waals surface area (Å²) in [5.41, 5.74) is 3.71.